The van der Waals surface area contributed by atoms with Gasteiger partial charge in [-0.2, -0.15) is 0 Å². The van der Waals surface area contributed by atoms with Crippen LogP contribution >= 0.6 is 11.8 Å². The highest BCUT2D eigenvalue weighted by Gasteiger charge is 2.16. The average molecular weight is 558 g/mol. The van der Waals surface area contributed by atoms with E-state index in [0.717, 1.165) is 30.5 Å². The number of hydrogen-bond donors (Lipinski definition) is 1. The van der Waals surface area contributed by atoms with E-state index in [2.05, 4.69) is 24.9 Å². The minimum atomic E-state index is -0.558. The normalized spacial score (nSPS) is 11.4. The fourth-order valence-electron chi connectivity index (χ4n) is 5.18. The molecule has 0 saturated carbocycles. The lowest BCUT2D eigenvalue weighted by atomic mass is 10.0. The van der Waals surface area contributed by atoms with E-state index in [0.29, 0.717) is 5.39 Å². The molecule has 1 aromatic heterocycles. The quantitative estimate of drug-likeness (QED) is 0.0838. The van der Waals surface area contributed by atoms with Crippen molar-refractivity contribution in [1.82, 2.24) is 4.98 Å². The van der Waals surface area contributed by atoms with Crippen LogP contribution in [0.2, 0.25) is 0 Å². The Bertz CT molecular complexity index is 1000. The van der Waals surface area contributed by atoms with Crippen LogP contribution in [0.3, 0.4) is 0 Å². The summed E-state index contributed by atoms with van der Waals surface area (Å²) in [5.41, 5.74) is 1.86. The van der Waals surface area contributed by atoms with Gasteiger partial charge >= 0.3 is 5.97 Å². The number of carbonyl (C=O) groups excluding carboxylic acids is 1. The first-order valence-electron chi connectivity index (χ1n) is 16.1. The molecule has 1 heterocycles. The molecule has 0 aliphatic carbocycles. The van der Waals surface area contributed by atoms with Crippen LogP contribution in [-0.2, 0) is 11.2 Å². The highest BCUT2D eigenvalue weighted by molar-refractivity contribution is 7.99. The molecule has 0 radical (unpaired) electrons. The van der Waals surface area contributed by atoms with Crippen LogP contribution in [0.5, 0.6) is 0 Å². The number of fused-ring (bicyclic) bond motifs is 1. The van der Waals surface area contributed by atoms with Gasteiger partial charge < -0.3 is 9.72 Å². The molecule has 0 aliphatic heterocycles. The Morgan fingerprint density at radius 2 is 1.28 bits per heavy atom. The van der Waals surface area contributed by atoms with Crippen molar-refractivity contribution in [2.45, 2.75) is 148 Å². The highest BCUT2D eigenvalue weighted by Crippen LogP contribution is 2.29. The van der Waals surface area contributed by atoms with Crippen molar-refractivity contribution in [3.8, 4) is 0 Å². The van der Waals surface area contributed by atoms with Crippen LogP contribution in [-0.4, -0.2) is 23.3 Å². The topological polar surface area (TPSA) is 59.2 Å². The third kappa shape index (κ3) is 13.0. The molecule has 0 spiro atoms. The molecule has 1 N–H and O–H groups in total. The Morgan fingerprint density at radius 1 is 0.744 bits per heavy atom. The number of hydrogen-bond acceptors (Lipinski definition) is 4. The highest BCUT2D eigenvalue weighted by atomic mass is 32.2. The van der Waals surface area contributed by atoms with E-state index < -0.39 is 5.97 Å². The van der Waals surface area contributed by atoms with Crippen LogP contribution in [0.15, 0.2) is 28.0 Å². The van der Waals surface area contributed by atoms with Crippen LogP contribution in [0, 0.1) is 0 Å². The van der Waals surface area contributed by atoms with Crippen LogP contribution < -0.4 is 5.43 Å². The Morgan fingerprint density at radius 3 is 1.82 bits per heavy atom. The third-order valence-electron chi connectivity index (χ3n) is 7.61. The maximum Gasteiger partial charge on any atom is 0.343 e. The van der Waals surface area contributed by atoms with Crippen molar-refractivity contribution >= 4 is 28.6 Å². The number of aryl methyl sites for hydroxylation is 1. The molecule has 0 aliphatic rings. The summed E-state index contributed by atoms with van der Waals surface area (Å²) in [7, 11) is 0. The Kier molecular flexibility index (Phi) is 18.1. The number of rotatable bonds is 23. The summed E-state index contributed by atoms with van der Waals surface area (Å²) in [6.45, 7) is 6.48. The number of carbonyl (C=O) groups is 1. The second-order valence-electron chi connectivity index (χ2n) is 11.0. The predicted octanol–water partition coefficient (Wildman–Crippen LogP) is 10.4. The van der Waals surface area contributed by atoms with Gasteiger partial charge in [-0.15, -0.1) is 11.8 Å². The summed E-state index contributed by atoms with van der Waals surface area (Å²) in [6.07, 6.45) is 26.9. The molecule has 5 heteroatoms. The largest absolute Gasteiger partial charge is 0.462 e. The second kappa shape index (κ2) is 21.1. The first-order valence-corrected chi connectivity index (χ1v) is 17.1. The van der Waals surface area contributed by atoms with Gasteiger partial charge in [0.25, 0.3) is 0 Å². The zero-order chi connectivity index (χ0) is 28.1. The molecule has 0 bridgehead atoms. The lowest BCUT2D eigenvalue weighted by Gasteiger charge is -2.12. The van der Waals surface area contributed by atoms with Crippen LogP contribution in [0.25, 0.3) is 10.9 Å². The fraction of sp³-hybridized carbons (Fsp3) is 0.706. The summed E-state index contributed by atoms with van der Waals surface area (Å²) in [6, 6.07) is 4.11. The maximum absolute atomic E-state index is 13.0. The molecule has 1 aromatic carbocycles. The van der Waals surface area contributed by atoms with Gasteiger partial charge in [0.15, 0.2) is 0 Å². The van der Waals surface area contributed by atoms with Crippen molar-refractivity contribution < 1.29 is 9.53 Å². The van der Waals surface area contributed by atoms with E-state index in [4.69, 9.17) is 4.74 Å². The smallest absolute Gasteiger partial charge is 0.343 e. The molecule has 39 heavy (non-hydrogen) atoms. The number of nitrogens with one attached hydrogen (secondary N) is 1. The van der Waals surface area contributed by atoms with Gasteiger partial charge in [0.1, 0.15) is 5.56 Å². The number of pyridine rings is 1. The van der Waals surface area contributed by atoms with Crippen molar-refractivity contribution in [1.29, 1.82) is 0 Å². The summed E-state index contributed by atoms with van der Waals surface area (Å²) in [5, 5.41) is 0.582. The van der Waals surface area contributed by atoms with Crippen molar-refractivity contribution in [2.24, 2.45) is 0 Å². The molecule has 0 unspecified atom stereocenters. The molecule has 2 rings (SSSR count). The number of H-pyrrole nitrogens is 1. The first-order chi connectivity index (χ1) is 19.1. The number of aromatic amines is 1. The summed E-state index contributed by atoms with van der Waals surface area (Å²) in [4.78, 5) is 29.6. The maximum atomic E-state index is 13.0. The molecule has 4 nitrogen and oxygen atoms in total. The van der Waals surface area contributed by atoms with Gasteiger partial charge in [0.2, 0.25) is 5.43 Å². The van der Waals surface area contributed by atoms with Crippen molar-refractivity contribution in [3.05, 3.63) is 39.7 Å². The molecule has 0 atom stereocenters. The number of unbranched alkanes of at least 4 members (excludes halogenated alkanes) is 16. The van der Waals surface area contributed by atoms with Gasteiger partial charge in [-0.05, 0) is 49.6 Å². The zero-order valence-corrected chi connectivity index (χ0v) is 26.0. The first kappa shape index (κ1) is 33.5. The predicted molar refractivity (Wildman–Crippen MR) is 169 cm³/mol. The van der Waals surface area contributed by atoms with Crippen molar-refractivity contribution in [3.63, 3.8) is 0 Å². The van der Waals surface area contributed by atoms with Gasteiger partial charge in [-0.3, -0.25) is 4.79 Å². The SMILES string of the molecule is CCCCCCCCCCCCCCCCCCSc1cc2[nH]cc(C(=O)OCC)c(=O)c2cc1CCCC. The molecule has 0 fully saturated rings. The summed E-state index contributed by atoms with van der Waals surface area (Å²) < 4.78 is 5.06. The summed E-state index contributed by atoms with van der Waals surface area (Å²) >= 11 is 1.91. The minimum Gasteiger partial charge on any atom is -0.462 e. The molecule has 0 saturated heterocycles. The average Bonchev–Trinajstić information content (AvgIpc) is 2.94. The standard InChI is InChI=1S/C34H55NO3S/c1-4-7-9-10-11-12-13-14-15-16-17-18-19-20-21-22-24-39-32-26-31-29(25-28(32)23-8-5-2)33(36)30(27-35-31)34(37)38-6-3/h25-27H,4-24H2,1-3H3,(H,35,36). The van der Waals surface area contributed by atoms with Crippen LogP contribution in [0.4, 0.5) is 0 Å². The number of esters is 1. The lowest BCUT2D eigenvalue weighted by molar-refractivity contribution is 0.0524. The number of ether oxygens (including phenoxy) is 1. The van der Waals surface area contributed by atoms with E-state index in [-0.39, 0.29) is 17.6 Å². The summed E-state index contributed by atoms with van der Waals surface area (Å²) in [5.74, 6) is 0.548. The molecular weight excluding hydrogens is 502 g/mol. The molecule has 0 amide bonds. The zero-order valence-electron chi connectivity index (χ0n) is 25.2. The lowest BCUT2D eigenvalue weighted by Crippen LogP contribution is -2.18. The Hall–Kier alpha value is -1.75. The van der Waals surface area contributed by atoms with E-state index in [1.165, 1.54) is 119 Å². The number of aromatic nitrogens is 1. The van der Waals surface area contributed by atoms with E-state index in [1.54, 1.807) is 6.92 Å². The van der Waals surface area contributed by atoms with Gasteiger partial charge in [-0.1, -0.05) is 117 Å². The van der Waals surface area contributed by atoms with Gasteiger partial charge in [0, 0.05) is 16.5 Å². The number of thioether (sulfide) groups is 1. The van der Waals surface area contributed by atoms with Crippen LogP contribution in [0.1, 0.15) is 152 Å². The number of benzene rings is 1. The van der Waals surface area contributed by atoms with Gasteiger partial charge in [0.05, 0.1) is 12.1 Å². The van der Waals surface area contributed by atoms with E-state index in [9.17, 15) is 9.59 Å². The Labute approximate surface area is 242 Å². The second-order valence-corrected chi connectivity index (χ2v) is 12.1. The van der Waals surface area contributed by atoms with E-state index in [1.807, 2.05) is 17.8 Å². The van der Waals surface area contributed by atoms with Crippen molar-refractivity contribution in [2.75, 3.05) is 12.4 Å². The molecule has 220 valence electrons. The Balaban J connectivity index is 1.67. The molecule has 2 aromatic rings. The third-order valence-corrected chi connectivity index (χ3v) is 8.80. The minimum absolute atomic E-state index is 0.0827. The van der Waals surface area contributed by atoms with E-state index >= 15 is 0 Å². The monoisotopic (exact) mass is 557 g/mol. The molecular formula is C34H55NO3S. The fourth-order valence-corrected chi connectivity index (χ4v) is 6.30. The van der Waals surface area contributed by atoms with Gasteiger partial charge in [-0.25, -0.2) is 4.79 Å².